The quantitative estimate of drug-likeness (QED) is 0.825. The van der Waals surface area contributed by atoms with Crippen LogP contribution in [0.4, 0.5) is 4.79 Å². The number of hydrogen-bond acceptors (Lipinski definition) is 4. The Morgan fingerprint density at radius 2 is 2.06 bits per heavy atom. The molecule has 0 saturated heterocycles. The fourth-order valence-corrected chi connectivity index (χ4v) is 1.36. The highest BCUT2D eigenvalue weighted by atomic mass is 16.6. The van der Waals surface area contributed by atoms with Crippen LogP contribution in [0.15, 0.2) is 12.3 Å². The highest BCUT2D eigenvalue weighted by Gasteiger charge is 2.32. The highest BCUT2D eigenvalue weighted by Crippen LogP contribution is 2.17. The average molecular weight is 253 g/mol. The Morgan fingerprint density at radius 3 is 2.44 bits per heavy atom. The average Bonchev–Trinajstić information content (AvgIpc) is 2.62. The highest BCUT2D eigenvalue weighted by molar-refractivity contribution is 5.77. The van der Waals surface area contributed by atoms with Crippen LogP contribution >= 0.6 is 0 Å². The predicted octanol–water partition coefficient (Wildman–Crippen LogP) is 1.36. The zero-order valence-corrected chi connectivity index (χ0v) is 11.4. The number of carbonyl (C=O) groups excluding carboxylic acids is 2. The van der Waals surface area contributed by atoms with E-state index in [4.69, 9.17) is 4.74 Å². The minimum atomic E-state index is -1.19. The van der Waals surface area contributed by atoms with Crippen molar-refractivity contribution < 1.29 is 14.3 Å². The van der Waals surface area contributed by atoms with Crippen molar-refractivity contribution in [1.82, 2.24) is 15.1 Å². The van der Waals surface area contributed by atoms with Crippen molar-refractivity contribution in [2.75, 3.05) is 0 Å². The summed E-state index contributed by atoms with van der Waals surface area (Å²) >= 11 is 0. The molecule has 6 nitrogen and oxygen atoms in total. The second-order valence-corrected chi connectivity index (χ2v) is 5.32. The topological polar surface area (TPSA) is 73.2 Å². The van der Waals surface area contributed by atoms with Gasteiger partial charge in [0.1, 0.15) is 11.1 Å². The van der Waals surface area contributed by atoms with E-state index in [0.717, 1.165) is 0 Å². The summed E-state index contributed by atoms with van der Waals surface area (Å²) < 4.78 is 6.68. The number of hydrogen-bond donors (Lipinski definition) is 1. The number of nitrogens with one attached hydrogen (secondary N) is 1. The fraction of sp³-hybridized carbons (Fsp3) is 0.583. The second-order valence-electron chi connectivity index (χ2n) is 5.32. The van der Waals surface area contributed by atoms with Gasteiger partial charge in [-0.05, 0) is 33.8 Å². The van der Waals surface area contributed by atoms with Gasteiger partial charge < -0.3 is 14.8 Å². The van der Waals surface area contributed by atoms with Gasteiger partial charge in [-0.15, -0.1) is 0 Å². The number of amides is 1. The molecule has 0 spiro atoms. The van der Waals surface area contributed by atoms with Gasteiger partial charge in [0, 0.05) is 13.2 Å². The van der Waals surface area contributed by atoms with Crippen molar-refractivity contribution in [3.8, 4) is 0 Å². The predicted molar refractivity (Wildman–Crippen MR) is 66.0 cm³/mol. The molecular weight excluding hydrogens is 234 g/mol. The molecule has 6 heteroatoms. The van der Waals surface area contributed by atoms with Gasteiger partial charge in [-0.2, -0.15) is 5.10 Å². The Labute approximate surface area is 106 Å². The molecule has 0 fully saturated rings. The molecule has 0 saturated carbocycles. The number of aryl methyl sites for hydroxylation is 1. The minimum absolute atomic E-state index is 0.464. The number of aldehydes is 1. The molecule has 1 rings (SSSR count). The van der Waals surface area contributed by atoms with E-state index in [1.165, 1.54) is 0 Å². The third-order valence-corrected chi connectivity index (χ3v) is 2.24. The van der Waals surface area contributed by atoms with Crippen LogP contribution in [0.25, 0.3) is 0 Å². The van der Waals surface area contributed by atoms with Crippen LogP contribution in [0.3, 0.4) is 0 Å². The van der Waals surface area contributed by atoms with Crippen LogP contribution in [-0.2, 0) is 22.1 Å². The van der Waals surface area contributed by atoms with Gasteiger partial charge >= 0.3 is 6.09 Å². The van der Waals surface area contributed by atoms with Gasteiger partial charge in [0.2, 0.25) is 0 Å². The molecule has 0 aliphatic rings. The third-order valence-electron chi connectivity index (χ3n) is 2.24. The molecule has 1 atom stereocenters. The molecule has 1 heterocycles. The van der Waals surface area contributed by atoms with E-state index in [2.05, 4.69) is 10.4 Å². The van der Waals surface area contributed by atoms with Crippen LogP contribution in [0.1, 0.15) is 33.4 Å². The van der Waals surface area contributed by atoms with E-state index in [9.17, 15) is 9.59 Å². The number of aromatic nitrogens is 2. The van der Waals surface area contributed by atoms with E-state index in [1.807, 2.05) is 0 Å². The molecule has 0 bridgehead atoms. The molecule has 1 N–H and O–H groups in total. The van der Waals surface area contributed by atoms with Gasteiger partial charge in [-0.1, -0.05) is 0 Å². The van der Waals surface area contributed by atoms with Crippen LogP contribution in [-0.4, -0.2) is 27.8 Å². The standard InChI is InChI=1S/C12H19N3O3/c1-11(2,3)18-10(17)13-12(4,8-16)9-6-7-15(5)14-9/h6-8H,1-5H3,(H,13,17). The summed E-state index contributed by atoms with van der Waals surface area (Å²) in [5.41, 5.74) is -1.34. The SMILES string of the molecule is Cn1ccc(C(C)(C=O)NC(=O)OC(C)(C)C)n1. The van der Waals surface area contributed by atoms with Crippen LogP contribution in [0, 0.1) is 0 Å². The zero-order valence-electron chi connectivity index (χ0n) is 11.4. The summed E-state index contributed by atoms with van der Waals surface area (Å²) in [4.78, 5) is 22.9. The van der Waals surface area contributed by atoms with Crippen molar-refractivity contribution >= 4 is 12.4 Å². The van der Waals surface area contributed by atoms with Gasteiger partial charge in [-0.3, -0.25) is 4.68 Å². The lowest BCUT2D eigenvalue weighted by molar-refractivity contribution is -0.113. The number of carbonyl (C=O) groups is 2. The van der Waals surface area contributed by atoms with Crippen LogP contribution in [0.5, 0.6) is 0 Å². The number of ether oxygens (including phenoxy) is 1. The monoisotopic (exact) mass is 253 g/mol. The summed E-state index contributed by atoms with van der Waals surface area (Å²) in [6, 6.07) is 1.67. The molecule has 100 valence electrons. The largest absolute Gasteiger partial charge is 0.444 e. The molecule has 18 heavy (non-hydrogen) atoms. The number of alkyl carbamates (subject to hydrolysis) is 1. The Morgan fingerprint density at radius 1 is 1.44 bits per heavy atom. The maximum absolute atomic E-state index is 11.7. The summed E-state index contributed by atoms with van der Waals surface area (Å²) in [5, 5.41) is 6.64. The second kappa shape index (κ2) is 4.80. The van der Waals surface area contributed by atoms with Crippen molar-refractivity contribution in [3.63, 3.8) is 0 Å². The molecule has 0 aromatic carbocycles. The molecular formula is C12H19N3O3. The van der Waals surface area contributed by atoms with Gasteiger partial charge in [0.05, 0.1) is 5.69 Å². The Kier molecular flexibility index (Phi) is 3.79. The summed E-state index contributed by atoms with van der Waals surface area (Å²) in [6.07, 6.45) is 1.69. The van der Waals surface area contributed by atoms with Crippen molar-refractivity contribution in [2.45, 2.75) is 38.8 Å². The molecule has 0 aliphatic carbocycles. The maximum Gasteiger partial charge on any atom is 0.408 e. The van der Waals surface area contributed by atoms with E-state index in [1.54, 1.807) is 51.7 Å². The first-order valence-electron chi connectivity index (χ1n) is 5.64. The molecule has 0 radical (unpaired) electrons. The number of nitrogens with zero attached hydrogens (tertiary/aromatic N) is 2. The fourth-order valence-electron chi connectivity index (χ4n) is 1.36. The van der Waals surface area contributed by atoms with E-state index in [0.29, 0.717) is 12.0 Å². The van der Waals surface area contributed by atoms with E-state index >= 15 is 0 Å². The Bertz CT molecular complexity index is 448. The van der Waals surface area contributed by atoms with Crippen molar-refractivity contribution in [1.29, 1.82) is 0 Å². The van der Waals surface area contributed by atoms with E-state index < -0.39 is 17.2 Å². The molecule has 1 aromatic rings. The first-order valence-corrected chi connectivity index (χ1v) is 5.64. The van der Waals surface area contributed by atoms with Crippen LogP contribution < -0.4 is 5.32 Å². The lowest BCUT2D eigenvalue weighted by Gasteiger charge is -2.26. The normalized spacial score (nSPS) is 14.7. The zero-order chi connectivity index (χ0) is 14.0. The Hall–Kier alpha value is -1.85. The maximum atomic E-state index is 11.7. The minimum Gasteiger partial charge on any atom is -0.444 e. The molecule has 0 aliphatic heterocycles. The summed E-state index contributed by atoms with van der Waals surface area (Å²) in [6.45, 7) is 6.84. The first kappa shape index (κ1) is 14.2. The molecule has 1 unspecified atom stereocenters. The summed E-state index contributed by atoms with van der Waals surface area (Å²) in [7, 11) is 1.74. The molecule has 1 amide bonds. The van der Waals surface area contributed by atoms with Gasteiger partial charge in [-0.25, -0.2) is 4.79 Å². The first-order chi connectivity index (χ1) is 8.16. The van der Waals surface area contributed by atoms with Crippen molar-refractivity contribution in [2.24, 2.45) is 7.05 Å². The third kappa shape index (κ3) is 3.58. The van der Waals surface area contributed by atoms with Gasteiger partial charge in [0.15, 0.2) is 6.29 Å². The Balaban J connectivity index is 2.84. The van der Waals surface area contributed by atoms with Crippen molar-refractivity contribution in [3.05, 3.63) is 18.0 Å². The summed E-state index contributed by atoms with van der Waals surface area (Å²) in [5.74, 6) is 0. The lowest BCUT2D eigenvalue weighted by atomic mass is 10.0. The molecule has 1 aromatic heterocycles. The number of rotatable bonds is 3. The van der Waals surface area contributed by atoms with Crippen LogP contribution in [0.2, 0.25) is 0 Å². The lowest BCUT2D eigenvalue weighted by Crippen LogP contribution is -2.47. The smallest absolute Gasteiger partial charge is 0.408 e. The van der Waals surface area contributed by atoms with E-state index in [-0.39, 0.29) is 0 Å². The van der Waals surface area contributed by atoms with Gasteiger partial charge in [0.25, 0.3) is 0 Å².